The second kappa shape index (κ2) is 9.29. The SMILES string of the molecule is C[C@H](CO)N1C[C@H](C)[C@H](CN(C)S(C)(=O)=O)Oc2ncc(-c3cccnc3)cc2C1=O. The number of amides is 1. The Kier molecular flexibility index (Phi) is 6.93. The second-order valence-corrected chi connectivity index (χ2v) is 10.1. The van der Waals surface area contributed by atoms with Gasteiger partial charge in [-0.2, -0.15) is 0 Å². The van der Waals surface area contributed by atoms with Gasteiger partial charge < -0.3 is 14.7 Å². The molecular weight excluding hydrogens is 420 g/mol. The minimum Gasteiger partial charge on any atom is -0.472 e. The lowest BCUT2D eigenvalue weighted by Crippen LogP contribution is -2.50. The number of rotatable bonds is 6. The van der Waals surface area contributed by atoms with Crippen LogP contribution in [0.2, 0.25) is 0 Å². The zero-order valence-corrected chi connectivity index (χ0v) is 18.9. The first-order valence-electron chi connectivity index (χ1n) is 10.0. The van der Waals surface area contributed by atoms with Crippen LogP contribution in [0.25, 0.3) is 11.1 Å². The number of pyridine rings is 2. The van der Waals surface area contributed by atoms with Crippen LogP contribution in [-0.4, -0.2) is 83.8 Å². The van der Waals surface area contributed by atoms with Gasteiger partial charge in [0.05, 0.1) is 25.4 Å². The van der Waals surface area contributed by atoms with E-state index in [0.29, 0.717) is 12.1 Å². The Morgan fingerprint density at radius 3 is 2.71 bits per heavy atom. The van der Waals surface area contributed by atoms with Crippen molar-refractivity contribution in [1.82, 2.24) is 19.2 Å². The molecule has 0 aromatic carbocycles. The lowest BCUT2D eigenvalue weighted by Gasteiger charge is -2.37. The maximum Gasteiger partial charge on any atom is 0.259 e. The van der Waals surface area contributed by atoms with Gasteiger partial charge in [0.25, 0.3) is 5.91 Å². The van der Waals surface area contributed by atoms with Crippen LogP contribution in [-0.2, 0) is 10.0 Å². The molecule has 2 aromatic heterocycles. The molecule has 3 rings (SSSR count). The zero-order valence-electron chi connectivity index (χ0n) is 18.1. The predicted octanol–water partition coefficient (Wildman–Crippen LogP) is 1.26. The molecule has 3 heterocycles. The molecule has 31 heavy (non-hydrogen) atoms. The highest BCUT2D eigenvalue weighted by Crippen LogP contribution is 2.30. The van der Waals surface area contributed by atoms with Gasteiger partial charge in [0.1, 0.15) is 11.7 Å². The molecule has 0 bridgehead atoms. The Morgan fingerprint density at radius 2 is 2.10 bits per heavy atom. The summed E-state index contributed by atoms with van der Waals surface area (Å²) < 4.78 is 31.2. The number of aliphatic hydroxyl groups excluding tert-OH is 1. The van der Waals surface area contributed by atoms with Crippen molar-refractivity contribution in [2.75, 3.05) is 33.0 Å². The summed E-state index contributed by atoms with van der Waals surface area (Å²) in [5.74, 6) is -0.349. The van der Waals surface area contributed by atoms with Crippen LogP contribution < -0.4 is 4.74 Å². The van der Waals surface area contributed by atoms with E-state index < -0.39 is 22.2 Å². The summed E-state index contributed by atoms with van der Waals surface area (Å²) in [5.41, 5.74) is 1.77. The van der Waals surface area contributed by atoms with Gasteiger partial charge in [0.15, 0.2) is 0 Å². The number of likely N-dealkylation sites (N-methyl/N-ethyl adjacent to an activating group) is 1. The highest BCUT2D eigenvalue weighted by molar-refractivity contribution is 7.88. The molecule has 10 heteroatoms. The first kappa shape index (κ1) is 23.1. The summed E-state index contributed by atoms with van der Waals surface area (Å²) in [7, 11) is -1.92. The molecule has 1 aliphatic heterocycles. The molecular formula is C21H28N4O5S. The van der Waals surface area contributed by atoms with Gasteiger partial charge in [0, 0.05) is 49.2 Å². The number of aliphatic hydroxyl groups is 1. The fourth-order valence-electron chi connectivity index (χ4n) is 3.40. The van der Waals surface area contributed by atoms with Gasteiger partial charge >= 0.3 is 0 Å². The molecule has 0 aliphatic carbocycles. The van der Waals surface area contributed by atoms with Crippen LogP contribution in [0.3, 0.4) is 0 Å². The topological polar surface area (TPSA) is 113 Å². The van der Waals surface area contributed by atoms with E-state index in [1.807, 2.05) is 13.0 Å². The third-order valence-electron chi connectivity index (χ3n) is 5.52. The Hall–Kier alpha value is -2.56. The third-order valence-corrected chi connectivity index (χ3v) is 6.80. The van der Waals surface area contributed by atoms with Gasteiger partial charge in [0.2, 0.25) is 15.9 Å². The lowest BCUT2D eigenvalue weighted by atomic mass is 9.99. The second-order valence-electron chi connectivity index (χ2n) is 7.98. The van der Waals surface area contributed by atoms with Crippen molar-refractivity contribution in [3.05, 3.63) is 42.4 Å². The number of hydrogen-bond donors (Lipinski definition) is 1. The van der Waals surface area contributed by atoms with Crippen LogP contribution in [0.15, 0.2) is 36.8 Å². The van der Waals surface area contributed by atoms with Crippen LogP contribution in [0, 0.1) is 5.92 Å². The Bertz CT molecular complexity index is 1030. The summed E-state index contributed by atoms with van der Waals surface area (Å²) in [4.78, 5) is 23.5. The molecule has 0 radical (unpaired) electrons. The van der Waals surface area contributed by atoms with Gasteiger partial charge in [-0.15, -0.1) is 0 Å². The third kappa shape index (κ3) is 5.20. The number of aromatic nitrogens is 2. The zero-order chi connectivity index (χ0) is 22.8. The van der Waals surface area contributed by atoms with Crippen molar-refractivity contribution in [3.8, 4) is 17.0 Å². The first-order chi connectivity index (χ1) is 14.6. The van der Waals surface area contributed by atoms with Crippen molar-refractivity contribution < 1.29 is 23.1 Å². The summed E-state index contributed by atoms with van der Waals surface area (Å²) in [5, 5.41) is 9.72. The van der Waals surface area contributed by atoms with Gasteiger partial charge in [-0.25, -0.2) is 17.7 Å². The minimum absolute atomic E-state index is 0.112. The maximum absolute atomic E-state index is 13.4. The average molecular weight is 449 g/mol. The van der Waals surface area contributed by atoms with Crippen molar-refractivity contribution >= 4 is 15.9 Å². The molecule has 0 unspecified atom stereocenters. The normalized spacial score (nSPS) is 20.6. The highest BCUT2D eigenvalue weighted by atomic mass is 32.2. The van der Waals surface area contributed by atoms with Crippen LogP contribution in [0.5, 0.6) is 5.88 Å². The van der Waals surface area contributed by atoms with E-state index >= 15 is 0 Å². The number of sulfonamides is 1. The van der Waals surface area contributed by atoms with E-state index in [0.717, 1.165) is 11.8 Å². The molecule has 1 amide bonds. The van der Waals surface area contributed by atoms with E-state index in [-0.39, 0.29) is 36.4 Å². The van der Waals surface area contributed by atoms with Crippen LogP contribution in [0.4, 0.5) is 0 Å². The average Bonchev–Trinajstić information content (AvgIpc) is 2.75. The van der Waals surface area contributed by atoms with Crippen LogP contribution >= 0.6 is 0 Å². The minimum atomic E-state index is -3.41. The number of carbonyl (C=O) groups excluding carboxylic acids is 1. The fraction of sp³-hybridized carbons (Fsp3) is 0.476. The molecule has 0 spiro atoms. The highest BCUT2D eigenvalue weighted by Gasteiger charge is 2.35. The summed E-state index contributed by atoms with van der Waals surface area (Å²) >= 11 is 0. The Labute approximate surface area is 182 Å². The number of nitrogens with zero attached hydrogens (tertiary/aromatic N) is 4. The maximum atomic E-state index is 13.4. The molecule has 168 valence electrons. The Morgan fingerprint density at radius 1 is 1.35 bits per heavy atom. The van der Waals surface area contributed by atoms with Gasteiger partial charge in [-0.3, -0.25) is 9.78 Å². The standard InChI is InChI=1S/C21H28N4O5S/c1-14-11-25(15(2)13-26)21(27)18-8-17(16-6-5-7-22-9-16)10-23-20(18)30-19(14)12-24(3)31(4,28)29/h5-10,14-15,19,26H,11-13H2,1-4H3/t14-,15+,19-/m0/s1. The predicted molar refractivity (Wildman–Crippen MR) is 116 cm³/mol. The summed E-state index contributed by atoms with van der Waals surface area (Å²) in [6.07, 6.45) is 5.55. The molecule has 1 N–H and O–H groups in total. The Balaban J connectivity index is 2.06. The number of fused-ring (bicyclic) bond motifs is 1. The number of ether oxygens (including phenoxy) is 1. The van der Waals surface area contributed by atoms with Crippen molar-refractivity contribution in [3.63, 3.8) is 0 Å². The summed E-state index contributed by atoms with van der Waals surface area (Å²) in [6.45, 7) is 3.88. The monoisotopic (exact) mass is 448 g/mol. The number of hydrogen-bond acceptors (Lipinski definition) is 7. The smallest absolute Gasteiger partial charge is 0.259 e. The molecule has 9 nitrogen and oxygen atoms in total. The quantitative estimate of drug-likeness (QED) is 0.708. The van der Waals surface area contributed by atoms with Gasteiger partial charge in [-0.05, 0) is 19.1 Å². The van der Waals surface area contributed by atoms with Crippen molar-refractivity contribution in [2.24, 2.45) is 5.92 Å². The van der Waals surface area contributed by atoms with E-state index in [1.54, 1.807) is 42.5 Å². The van der Waals surface area contributed by atoms with E-state index in [4.69, 9.17) is 4.74 Å². The molecule has 0 saturated heterocycles. The molecule has 0 saturated carbocycles. The van der Waals surface area contributed by atoms with Gasteiger partial charge in [-0.1, -0.05) is 13.0 Å². The van der Waals surface area contributed by atoms with Crippen molar-refractivity contribution in [1.29, 1.82) is 0 Å². The lowest BCUT2D eigenvalue weighted by molar-refractivity contribution is 0.0374. The van der Waals surface area contributed by atoms with E-state index in [2.05, 4.69) is 9.97 Å². The summed E-state index contributed by atoms with van der Waals surface area (Å²) in [6, 6.07) is 4.94. The molecule has 3 atom stereocenters. The van der Waals surface area contributed by atoms with E-state index in [1.165, 1.54) is 11.4 Å². The fourth-order valence-corrected chi connectivity index (χ4v) is 3.82. The van der Waals surface area contributed by atoms with E-state index in [9.17, 15) is 18.3 Å². The number of carbonyl (C=O) groups is 1. The largest absolute Gasteiger partial charge is 0.472 e. The first-order valence-corrected chi connectivity index (χ1v) is 11.9. The molecule has 1 aliphatic rings. The van der Waals surface area contributed by atoms with Crippen molar-refractivity contribution in [2.45, 2.75) is 26.0 Å². The molecule has 2 aromatic rings. The molecule has 0 fully saturated rings. The van der Waals surface area contributed by atoms with Crippen LogP contribution in [0.1, 0.15) is 24.2 Å².